The van der Waals surface area contributed by atoms with Crippen molar-refractivity contribution in [2.45, 2.75) is 39.2 Å². The summed E-state index contributed by atoms with van der Waals surface area (Å²) in [6, 6.07) is 27.6. The number of hydrogen-bond donors (Lipinski definition) is 1. The zero-order valence-electron chi connectivity index (χ0n) is 25.5. The van der Waals surface area contributed by atoms with Gasteiger partial charge >= 0.3 is 6.09 Å². The van der Waals surface area contributed by atoms with Gasteiger partial charge in [0, 0.05) is 37.2 Å². The van der Waals surface area contributed by atoms with Crippen molar-refractivity contribution in [1.29, 1.82) is 5.26 Å². The average Bonchev–Trinajstić information content (AvgIpc) is 3.01. The highest BCUT2D eigenvalue weighted by Gasteiger charge is 2.21. The van der Waals surface area contributed by atoms with Crippen molar-refractivity contribution < 1.29 is 19.0 Å². The molecular weight excluding hydrogens is 554 g/mol. The van der Waals surface area contributed by atoms with Crippen LogP contribution >= 0.6 is 0 Å². The second-order valence-corrected chi connectivity index (χ2v) is 11.6. The first-order valence-electron chi connectivity index (χ1n) is 14.7. The van der Waals surface area contributed by atoms with Gasteiger partial charge in [0.1, 0.15) is 23.0 Å². The summed E-state index contributed by atoms with van der Waals surface area (Å²) in [6.45, 7) is 10.5. The number of amides is 1. The Morgan fingerprint density at radius 2 is 1.70 bits per heavy atom. The molecule has 1 aliphatic rings. The number of aromatic nitrogens is 2. The summed E-state index contributed by atoms with van der Waals surface area (Å²) < 4.78 is 17.3. The molecule has 1 aromatic heterocycles. The van der Waals surface area contributed by atoms with Crippen LogP contribution in [-0.4, -0.2) is 54.5 Å². The van der Waals surface area contributed by atoms with Crippen LogP contribution in [0, 0.1) is 18.3 Å². The molecule has 1 saturated heterocycles. The molecule has 0 radical (unpaired) electrons. The lowest BCUT2D eigenvalue weighted by atomic mass is 9.90. The molecule has 5 rings (SSSR count). The van der Waals surface area contributed by atoms with Crippen LogP contribution in [0.1, 0.15) is 49.2 Å². The number of morpholine rings is 1. The molecule has 0 saturated carbocycles. The van der Waals surface area contributed by atoms with Crippen LogP contribution in [-0.2, 0) is 9.47 Å². The standard InChI is InChI=1S/C35H37N5O4/c1-24-38-32(40-16-18-42-19-17-40)21-33(39-24)43-31-20-25(22-36)10-15-29(31)27-11-13-28(14-12-27)30(26-8-6-5-7-9-26)23-37-34(41)44-35(2,3)4/h5-15,20-21,30H,16-19,23H2,1-4H3,(H,37,41). The van der Waals surface area contributed by atoms with E-state index in [1.165, 1.54) is 0 Å². The number of anilines is 1. The lowest BCUT2D eigenvalue weighted by molar-refractivity contribution is 0.0526. The minimum absolute atomic E-state index is 0.0861. The van der Waals surface area contributed by atoms with E-state index in [9.17, 15) is 10.1 Å². The Labute approximate surface area is 258 Å². The third-order valence-corrected chi connectivity index (χ3v) is 7.14. The van der Waals surface area contributed by atoms with Crippen molar-refractivity contribution in [3.05, 3.63) is 101 Å². The van der Waals surface area contributed by atoms with Gasteiger partial charge < -0.3 is 24.4 Å². The molecule has 44 heavy (non-hydrogen) atoms. The fraction of sp³-hybridized carbons (Fsp3) is 0.314. The van der Waals surface area contributed by atoms with Gasteiger partial charge in [-0.3, -0.25) is 0 Å². The van der Waals surface area contributed by atoms with Gasteiger partial charge in [-0.15, -0.1) is 0 Å². The number of ether oxygens (including phenoxy) is 3. The third kappa shape index (κ3) is 7.91. The third-order valence-electron chi connectivity index (χ3n) is 7.14. The predicted molar refractivity (Wildman–Crippen MR) is 169 cm³/mol. The SMILES string of the molecule is Cc1nc(Oc2cc(C#N)ccc2-c2ccc(C(CNC(=O)OC(C)(C)C)c3ccccc3)cc2)cc(N2CCOCC2)n1. The number of nitriles is 1. The number of alkyl carbamates (subject to hydrolysis) is 1. The molecule has 9 nitrogen and oxygen atoms in total. The summed E-state index contributed by atoms with van der Waals surface area (Å²) >= 11 is 0. The first-order valence-corrected chi connectivity index (χ1v) is 14.7. The minimum atomic E-state index is -0.580. The molecule has 0 bridgehead atoms. The summed E-state index contributed by atoms with van der Waals surface area (Å²) in [5, 5.41) is 12.5. The molecule has 3 aromatic carbocycles. The molecule has 2 heterocycles. The Morgan fingerprint density at radius 3 is 2.39 bits per heavy atom. The number of nitrogens with one attached hydrogen (secondary N) is 1. The van der Waals surface area contributed by atoms with Gasteiger partial charge in [-0.25, -0.2) is 9.78 Å². The molecule has 1 amide bonds. The fourth-order valence-electron chi connectivity index (χ4n) is 5.07. The van der Waals surface area contributed by atoms with Gasteiger partial charge in [-0.1, -0.05) is 54.6 Å². The smallest absolute Gasteiger partial charge is 0.407 e. The molecule has 9 heteroatoms. The van der Waals surface area contributed by atoms with E-state index in [2.05, 4.69) is 50.5 Å². The topological polar surface area (TPSA) is 110 Å². The second-order valence-electron chi connectivity index (χ2n) is 11.6. The van der Waals surface area contributed by atoms with Gasteiger partial charge in [0.25, 0.3) is 0 Å². The summed E-state index contributed by atoms with van der Waals surface area (Å²) in [4.78, 5) is 23.7. The lowest BCUT2D eigenvalue weighted by Gasteiger charge is -2.28. The predicted octanol–water partition coefficient (Wildman–Crippen LogP) is 6.61. The molecular formula is C35H37N5O4. The largest absolute Gasteiger partial charge is 0.444 e. The average molecular weight is 592 g/mol. The minimum Gasteiger partial charge on any atom is -0.444 e. The van der Waals surface area contributed by atoms with Crippen LogP contribution < -0.4 is 15.0 Å². The maximum atomic E-state index is 12.4. The quantitative estimate of drug-likeness (QED) is 0.244. The van der Waals surface area contributed by atoms with Crippen molar-refractivity contribution in [3.63, 3.8) is 0 Å². The molecule has 1 aliphatic heterocycles. The molecule has 1 fully saturated rings. The molecule has 0 spiro atoms. The Kier molecular flexibility index (Phi) is 9.41. The number of carbonyl (C=O) groups is 1. The molecule has 1 N–H and O–H groups in total. The highest BCUT2D eigenvalue weighted by Crippen LogP contribution is 2.36. The summed E-state index contributed by atoms with van der Waals surface area (Å²) in [7, 11) is 0. The van der Waals surface area contributed by atoms with Crippen molar-refractivity contribution >= 4 is 11.9 Å². The highest BCUT2D eigenvalue weighted by molar-refractivity contribution is 5.72. The zero-order chi connectivity index (χ0) is 31.1. The molecule has 1 unspecified atom stereocenters. The zero-order valence-corrected chi connectivity index (χ0v) is 25.5. The summed E-state index contributed by atoms with van der Waals surface area (Å²) in [5.41, 5.74) is 3.75. The van der Waals surface area contributed by atoms with Crippen LogP contribution in [0.4, 0.5) is 10.6 Å². The highest BCUT2D eigenvalue weighted by atomic mass is 16.6. The number of rotatable bonds is 8. The van der Waals surface area contributed by atoms with Crippen molar-refractivity contribution in [2.75, 3.05) is 37.7 Å². The van der Waals surface area contributed by atoms with Crippen molar-refractivity contribution in [1.82, 2.24) is 15.3 Å². The van der Waals surface area contributed by atoms with Crippen LogP contribution in [0.3, 0.4) is 0 Å². The van der Waals surface area contributed by atoms with Crippen LogP contribution in [0.15, 0.2) is 78.9 Å². The first-order chi connectivity index (χ1) is 21.2. The monoisotopic (exact) mass is 591 g/mol. The maximum absolute atomic E-state index is 12.4. The van der Waals surface area contributed by atoms with Crippen molar-refractivity contribution in [2.24, 2.45) is 0 Å². The summed E-state index contributed by atoms with van der Waals surface area (Å²) in [5.74, 6) is 2.22. The van der Waals surface area contributed by atoms with E-state index in [-0.39, 0.29) is 5.92 Å². The Bertz CT molecular complexity index is 1620. The van der Waals surface area contributed by atoms with E-state index in [1.54, 1.807) is 12.1 Å². The normalized spacial score (nSPS) is 13.9. The van der Waals surface area contributed by atoms with Gasteiger partial charge in [0.15, 0.2) is 0 Å². The van der Waals surface area contributed by atoms with Crippen LogP contribution in [0.2, 0.25) is 0 Å². The van der Waals surface area contributed by atoms with Crippen LogP contribution in [0.5, 0.6) is 11.6 Å². The molecule has 226 valence electrons. The number of nitrogens with zero attached hydrogens (tertiary/aromatic N) is 4. The van der Waals surface area contributed by atoms with E-state index >= 15 is 0 Å². The van der Waals surface area contributed by atoms with Gasteiger partial charge in [0.05, 0.1) is 24.8 Å². The first kappa shape index (κ1) is 30.5. The summed E-state index contributed by atoms with van der Waals surface area (Å²) in [6.07, 6.45) is -0.453. The number of carbonyl (C=O) groups excluding carboxylic acids is 1. The van der Waals surface area contributed by atoms with E-state index < -0.39 is 11.7 Å². The van der Waals surface area contributed by atoms with E-state index in [0.29, 0.717) is 42.8 Å². The van der Waals surface area contributed by atoms with Gasteiger partial charge in [-0.2, -0.15) is 10.2 Å². The lowest BCUT2D eigenvalue weighted by Crippen LogP contribution is -2.36. The van der Waals surface area contributed by atoms with Crippen LogP contribution in [0.25, 0.3) is 11.1 Å². The Balaban J connectivity index is 1.42. The van der Waals surface area contributed by atoms with Gasteiger partial charge in [-0.05, 0) is 62.6 Å². The van der Waals surface area contributed by atoms with E-state index in [0.717, 1.165) is 41.2 Å². The van der Waals surface area contributed by atoms with Gasteiger partial charge in [0.2, 0.25) is 5.88 Å². The van der Waals surface area contributed by atoms with Crippen molar-refractivity contribution in [3.8, 4) is 28.8 Å². The number of hydrogen-bond acceptors (Lipinski definition) is 8. The second kappa shape index (κ2) is 13.6. The Hall–Kier alpha value is -4.94. The van der Waals surface area contributed by atoms with E-state index in [4.69, 9.17) is 14.2 Å². The van der Waals surface area contributed by atoms with E-state index in [1.807, 2.05) is 70.2 Å². The number of benzene rings is 3. The molecule has 4 aromatic rings. The maximum Gasteiger partial charge on any atom is 0.407 e. The fourth-order valence-corrected chi connectivity index (χ4v) is 5.07. The molecule has 0 aliphatic carbocycles. The molecule has 1 atom stereocenters. The number of aryl methyl sites for hydroxylation is 1. The Morgan fingerprint density at radius 1 is 1.00 bits per heavy atom.